The number of carbonyl (C=O) groups is 2. The van der Waals surface area contributed by atoms with E-state index >= 15 is 0 Å². The molecule has 1 aliphatic heterocycles. The summed E-state index contributed by atoms with van der Waals surface area (Å²) in [5.41, 5.74) is 4.30. The summed E-state index contributed by atoms with van der Waals surface area (Å²) in [5.74, 6) is -1.35. The van der Waals surface area contributed by atoms with Gasteiger partial charge in [0.05, 0.1) is 18.9 Å². The number of hydrogen-bond donors (Lipinski definition) is 5. The summed E-state index contributed by atoms with van der Waals surface area (Å²) in [6.07, 6.45) is -3.53. The lowest BCUT2D eigenvalue weighted by Crippen LogP contribution is -2.48. The second-order valence-electron chi connectivity index (χ2n) is 8.71. The fourth-order valence-corrected chi connectivity index (χ4v) is 5.75. The standard InChI is InChI=1S/C22H32N7O9P/c1-5-35-20(32)12(3)27-39(34,28-13(4)21(33)36-6-2)37-10-22(9-23)18(31)16(30)17(38-22)14-7-8-15-19(24)25-11-26-29(14)15/h7-8,11-13,16-18,30-31H,5-6,10H2,1-4H3,(H2,24,25,26)(H2,27,28,34)/t12-,13-,16-,17-,18-,22+/m0/s1. The molecule has 6 atom stereocenters. The van der Waals surface area contributed by atoms with Crippen molar-refractivity contribution in [2.24, 2.45) is 0 Å². The Bertz CT molecular complexity index is 1250. The fourth-order valence-electron chi connectivity index (χ4n) is 3.92. The minimum Gasteiger partial charge on any atom is -0.465 e. The summed E-state index contributed by atoms with van der Waals surface area (Å²) in [5, 5.41) is 40.7. The van der Waals surface area contributed by atoms with Crippen LogP contribution in [0.15, 0.2) is 18.5 Å². The molecular formula is C22H32N7O9P. The van der Waals surface area contributed by atoms with Crippen LogP contribution in [-0.4, -0.2) is 86.5 Å². The van der Waals surface area contributed by atoms with E-state index in [1.165, 1.54) is 30.8 Å². The number of fused-ring (bicyclic) bond motifs is 1. The molecule has 17 heteroatoms. The van der Waals surface area contributed by atoms with Crippen molar-refractivity contribution >= 4 is 30.9 Å². The number of ether oxygens (including phenoxy) is 3. The third-order valence-corrected chi connectivity index (χ3v) is 7.86. The number of nitriles is 1. The number of nitrogens with one attached hydrogen (secondary N) is 2. The molecule has 0 aliphatic carbocycles. The molecule has 1 saturated heterocycles. The number of nitrogens with zero attached hydrogens (tertiary/aromatic N) is 4. The van der Waals surface area contributed by atoms with Crippen LogP contribution in [0.4, 0.5) is 5.82 Å². The number of esters is 2. The fraction of sp³-hybridized carbons (Fsp3) is 0.591. The van der Waals surface area contributed by atoms with E-state index < -0.39 is 62.2 Å². The zero-order valence-corrected chi connectivity index (χ0v) is 22.7. The molecular weight excluding hydrogens is 537 g/mol. The number of carbonyl (C=O) groups excluding carboxylic acids is 2. The van der Waals surface area contributed by atoms with Crippen LogP contribution >= 0.6 is 7.67 Å². The molecule has 1 aliphatic rings. The third-order valence-electron chi connectivity index (χ3n) is 5.91. The summed E-state index contributed by atoms with van der Waals surface area (Å²) >= 11 is 0. The summed E-state index contributed by atoms with van der Waals surface area (Å²) < 4.78 is 36.3. The van der Waals surface area contributed by atoms with Crippen molar-refractivity contribution in [2.45, 2.75) is 63.7 Å². The number of anilines is 1. The van der Waals surface area contributed by atoms with Crippen molar-refractivity contribution in [3.05, 3.63) is 24.2 Å². The van der Waals surface area contributed by atoms with Crippen LogP contribution in [0.5, 0.6) is 0 Å². The lowest BCUT2D eigenvalue weighted by molar-refractivity contribution is -0.145. The van der Waals surface area contributed by atoms with Crippen molar-refractivity contribution < 1.29 is 43.1 Å². The Morgan fingerprint density at radius 1 is 1.23 bits per heavy atom. The average Bonchev–Trinajstić information content (AvgIpc) is 3.43. The number of aliphatic hydroxyl groups excluding tert-OH is 2. The summed E-state index contributed by atoms with van der Waals surface area (Å²) in [6, 6.07) is 2.57. The van der Waals surface area contributed by atoms with Crippen LogP contribution in [-0.2, 0) is 32.9 Å². The Morgan fingerprint density at radius 3 is 2.36 bits per heavy atom. The van der Waals surface area contributed by atoms with Gasteiger partial charge in [-0.2, -0.15) is 10.4 Å². The maximum atomic E-state index is 13.8. The molecule has 16 nitrogen and oxygen atoms in total. The first kappa shape index (κ1) is 30.4. The molecule has 214 valence electrons. The highest BCUT2D eigenvalue weighted by atomic mass is 31.2. The quantitative estimate of drug-likeness (QED) is 0.161. The molecule has 0 radical (unpaired) electrons. The molecule has 0 amide bonds. The van der Waals surface area contributed by atoms with Gasteiger partial charge in [-0.15, -0.1) is 0 Å². The molecule has 0 spiro atoms. The van der Waals surface area contributed by atoms with Gasteiger partial charge in [-0.05, 0) is 39.8 Å². The van der Waals surface area contributed by atoms with Crippen molar-refractivity contribution in [2.75, 3.05) is 25.6 Å². The summed E-state index contributed by atoms with van der Waals surface area (Å²) in [4.78, 5) is 28.2. The Kier molecular flexibility index (Phi) is 9.62. The molecule has 0 saturated carbocycles. The minimum atomic E-state index is -4.33. The number of aliphatic hydroxyl groups is 2. The van der Waals surface area contributed by atoms with Gasteiger partial charge in [-0.25, -0.2) is 19.7 Å². The van der Waals surface area contributed by atoms with Crippen molar-refractivity contribution in [1.82, 2.24) is 24.8 Å². The summed E-state index contributed by atoms with van der Waals surface area (Å²) in [7, 11) is -4.33. The third kappa shape index (κ3) is 6.36. The van der Waals surface area contributed by atoms with Gasteiger partial charge >= 0.3 is 19.6 Å². The maximum Gasteiger partial charge on any atom is 0.342 e. The Hall–Kier alpha value is -3.16. The van der Waals surface area contributed by atoms with E-state index in [0.717, 1.165) is 0 Å². The van der Waals surface area contributed by atoms with Gasteiger partial charge in [0.15, 0.2) is 5.82 Å². The van der Waals surface area contributed by atoms with Crippen LogP contribution in [0.3, 0.4) is 0 Å². The zero-order chi connectivity index (χ0) is 29.0. The van der Waals surface area contributed by atoms with E-state index in [0.29, 0.717) is 5.52 Å². The normalized spacial score (nSPS) is 24.7. The first-order chi connectivity index (χ1) is 18.4. The lowest BCUT2D eigenvalue weighted by atomic mass is 9.96. The first-order valence-electron chi connectivity index (χ1n) is 12.1. The van der Waals surface area contributed by atoms with E-state index in [9.17, 15) is 29.6 Å². The van der Waals surface area contributed by atoms with Crippen LogP contribution in [0, 0.1) is 11.3 Å². The van der Waals surface area contributed by atoms with Gasteiger partial charge < -0.3 is 34.7 Å². The predicted octanol–water partition coefficient (Wildman–Crippen LogP) is -0.426. The molecule has 1 fully saturated rings. The Balaban J connectivity index is 1.87. The number of nitrogen functional groups attached to an aromatic ring is 1. The van der Waals surface area contributed by atoms with E-state index in [2.05, 4.69) is 20.3 Å². The van der Waals surface area contributed by atoms with Crippen LogP contribution < -0.4 is 15.9 Å². The molecule has 3 rings (SSSR count). The smallest absolute Gasteiger partial charge is 0.342 e. The Morgan fingerprint density at radius 2 is 1.82 bits per heavy atom. The number of nitrogens with two attached hydrogens (primary N) is 1. The first-order valence-corrected chi connectivity index (χ1v) is 13.7. The molecule has 0 unspecified atom stereocenters. The van der Waals surface area contributed by atoms with Crippen LogP contribution in [0.1, 0.15) is 39.5 Å². The van der Waals surface area contributed by atoms with Crippen LogP contribution in [0.25, 0.3) is 5.52 Å². The lowest BCUT2D eigenvalue weighted by Gasteiger charge is -2.30. The Labute approximate surface area is 223 Å². The second-order valence-corrected chi connectivity index (χ2v) is 10.6. The molecule has 0 aromatic carbocycles. The van der Waals surface area contributed by atoms with Crippen molar-refractivity contribution in [3.8, 4) is 6.07 Å². The maximum absolute atomic E-state index is 13.8. The highest BCUT2D eigenvalue weighted by molar-refractivity contribution is 7.54. The number of rotatable bonds is 12. The molecule has 2 aromatic rings. The highest BCUT2D eigenvalue weighted by Gasteiger charge is 2.57. The number of hydrogen-bond acceptors (Lipinski definition) is 13. The predicted molar refractivity (Wildman–Crippen MR) is 134 cm³/mol. The van der Waals surface area contributed by atoms with Gasteiger partial charge in [0, 0.05) is 0 Å². The van der Waals surface area contributed by atoms with Crippen molar-refractivity contribution in [3.63, 3.8) is 0 Å². The largest absolute Gasteiger partial charge is 0.465 e. The zero-order valence-electron chi connectivity index (χ0n) is 21.8. The molecule has 0 bridgehead atoms. The van der Waals surface area contributed by atoms with Gasteiger partial charge in [-0.1, -0.05) is 0 Å². The number of aromatic nitrogens is 3. The monoisotopic (exact) mass is 569 g/mol. The molecule has 2 aromatic heterocycles. The average molecular weight is 570 g/mol. The van der Waals surface area contributed by atoms with E-state index in [1.54, 1.807) is 26.0 Å². The highest BCUT2D eigenvalue weighted by Crippen LogP contribution is 2.45. The van der Waals surface area contributed by atoms with Gasteiger partial charge in [0.1, 0.15) is 54.9 Å². The molecule has 6 N–H and O–H groups in total. The summed E-state index contributed by atoms with van der Waals surface area (Å²) in [6.45, 7) is 5.17. The molecule has 39 heavy (non-hydrogen) atoms. The van der Waals surface area contributed by atoms with E-state index in [-0.39, 0.29) is 24.7 Å². The van der Waals surface area contributed by atoms with Gasteiger partial charge in [0.2, 0.25) is 5.60 Å². The van der Waals surface area contributed by atoms with Crippen molar-refractivity contribution in [1.29, 1.82) is 5.26 Å². The van der Waals surface area contributed by atoms with Crippen LogP contribution in [0.2, 0.25) is 0 Å². The van der Waals surface area contributed by atoms with E-state index in [1.807, 2.05) is 0 Å². The van der Waals surface area contributed by atoms with Gasteiger partial charge in [-0.3, -0.25) is 14.2 Å². The second kappa shape index (κ2) is 12.3. The SMILES string of the molecule is CCOC(=O)[C@H](C)NP(=O)(N[C@@H](C)C(=O)OCC)OC[C@@]1(C#N)O[C@@H](c2ccc3c(N)ncnn23)[C@H](O)[C@@H]1O. The topological polar surface area (TPSA) is 233 Å². The molecule has 3 heterocycles. The van der Waals surface area contributed by atoms with Gasteiger partial charge in [0.25, 0.3) is 0 Å². The van der Waals surface area contributed by atoms with E-state index in [4.69, 9.17) is 24.5 Å². The minimum absolute atomic E-state index is 0.0600.